The Balaban J connectivity index is 1.83. The largest absolute Gasteiger partial charge is 0.372 e. The van der Waals surface area contributed by atoms with Gasteiger partial charge in [0.15, 0.2) is 5.82 Å². The molecule has 2 aliphatic carbocycles. The maximum absolute atomic E-state index is 13.6. The second-order valence-electron chi connectivity index (χ2n) is 6.74. The average molecular weight is 377 g/mol. The first-order valence-electron chi connectivity index (χ1n) is 8.27. The van der Waals surface area contributed by atoms with Gasteiger partial charge in [0.25, 0.3) is 11.5 Å². The number of rotatable bonds is 3. The summed E-state index contributed by atoms with van der Waals surface area (Å²) in [6.45, 7) is 0. The van der Waals surface area contributed by atoms with Crippen LogP contribution in [0.25, 0.3) is 5.69 Å². The third kappa shape index (κ3) is 2.40. The smallest absolute Gasteiger partial charge is 0.279 e. The number of nitriles is 1. The van der Waals surface area contributed by atoms with Crippen molar-refractivity contribution in [3.8, 4) is 11.8 Å². The fourth-order valence-electron chi connectivity index (χ4n) is 3.91. The molecule has 1 aromatic carbocycles. The van der Waals surface area contributed by atoms with Crippen molar-refractivity contribution < 1.29 is 8.78 Å². The minimum absolute atomic E-state index is 0.0610. The maximum Gasteiger partial charge on any atom is 0.279 e. The van der Waals surface area contributed by atoms with Gasteiger partial charge in [-0.05, 0) is 37.1 Å². The first-order chi connectivity index (χ1) is 12.4. The average Bonchev–Trinajstić information content (AvgIpc) is 3.00. The third-order valence-electron chi connectivity index (χ3n) is 5.35. The molecule has 0 spiro atoms. The van der Waals surface area contributed by atoms with Gasteiger partial charge in [-0.3, -0.25) is 9.36 Å². The Labute approximate surface area is 153 Å². The Morgan fingerprint density at radius 2 is 1.92 bits per heavy atom. The molecule has 2 aromatic rings. The Morgan fingerprint density at radius 1 is 1.31 bits per heavy atom. The first-order valence-corrected chi connectivity index (χ1v) is 8.64. The molecule has 1 heterocycles. The summed E-state index contributed by atoms with van der Waals surface area (Å²) in [5, 5.41) is 11.7. The third-order valence-corrected chi connectivity index (χ3v) is 5.69. The molecule has 0 saturated heterocycles. The number of hydrogen-bond acceptors (Lipinski definition) is 4. The molecule has 0 radical (unpaired) electrons. The summed E-state index contributed by atoms with van der Waals surface area (Å²) in [7, 11) is 1.60. The van der Waals surface area contributed by atoms with Crippen LogP contribution < -0.4 is 10.9 Å². The molecule has 0 amide bonds. The number of alkyl halides is 2. The zero-order chi connectivity index (χ0) is 18.6. The fraction of sp³-hybridized carbons (Fsp3) is 0.389. The maximum atomic E-state index is 13.6. The number of benzene rings is 1. The second-order valence-corrected chi connectivity index (χ2v) is 7.12. The van der Waals surface area contributed by atoms with E-state index >= 15 is 0 Å². The zero-order valence-electron chi connectivity index (χ0n) is 13.8. The van der Waals surface area contributed by atoms with Crippen LogP contribution in [0.1, 0.15) is 30.1 Å². The zero-order valence-corrected chi connectivity index (χ0v) is 14.6. The van der Waals surface area contributed by atoms with E-state index in [1.807, 2.05) is 6.07 Å². The van der Waals surface area contributed by atoms with E-state index in [1.165, 1.54) is 4.57 Å². The molecule has 5 nitrogen and oxygen atoms in total. The minimum atomic E-state index is -2.59. The number of anilines is 1. The van der Waals surface area contributed by atoms with Crippen LogP contribution >= 0.6 is 11.6 Å². The van der Waals surface area contributed by atoms with E-state index in [-0.39, 0.29) is 16.8 Å². The van der Waals surface area contributed by atoms with Crippen LogP contribution in [0.2, 0.25) is 5.02 Å². The lowest BCUT2D eigenvalue weighted by atomic mass is 10.0. The summed E-state index contributed by atoms with van der Waals surface area (Å²) in [4.78, 5) is 17.3. The van der Waals surface area contributed by atoms with Crippen molar-refractivity contribution >= 4 is 17.4 Å². The Hall–Kier alpha value is -2.46. The molecular weight excluding hydrogens is 362 g/mol. The van der Waals surface area contributed by atoms with Crippen LogP contribution in [0.4, 0.5) is 14.6 Å². The van der Waals surface area contributed by atoms with E-state index < -0.39 is 23.3 Å². The van der Waals surface area contributed by atoms with E-state index in [0.717, 1.165) is 0 Å². The highest BCUT2D eigenvalue weighted by Crippen LogP contribution is 2.67. The minimum Gasteiger partial charge on any atom is -0.372 e. The van der Waals surface area contributed by atoms with Gasteiger partial charge in [-0.15, -0.1) is 0 Å². The normalized spacial score (nSPS) is 25.4. The molecule has 3 atom stereocenters. The summed E-state index contributed by atoms with van der Waals surface area (Å²) in [5.74, 6) is -3.42. The quantitative estimate of drug-likeness (QED) is 0.889. The number of nitrogens with one attached hydrogen (secondary N) is 1. The van der Waals surface area contributed by atoms with Gasteiger partial charge in [0.2, 0.25) is 0 Å². The highest BCUT2D eigenvalue weighted by molar-refractivity contribution is 6.32. The highest BCUT2D eigenvalue weighted by atomic mass is 35.5. The van der Waals surface area contributed by atoms with Crippen LogP contribution in [0.5, 0.6) is 0 Å². The van der Waals surface area contributed by atoms with Crippen molar-refractivity contribution in [1.29, 1.82) is 5.26 Å². The van der Waals surface area contributed by atoms with Gasteiger partial charge in [0, 0.05) is 24.8 Å². The number of hydrogen-bond donors (Lipinski definition) is 1. The highest BCUT2D eigenvalue weighted by Gasteiger charge is 2.71. The van der Waals surface area contributed by atoms with Crippen LogP contribution in [0, 0.1) is 23.2 Å². The fourth-order valence-corrected chi connectivity index (χ4v) is 4.14. The summed E-state index contributed by atoms with van der Waals surface area (Å²) < 4.78 is 28.5. The summed E-state index contributed by atoms with van der Waals surface area (Å²) in [6.07, 6.45) is 0.594. The Bertz CT molecular complexity index is 966. The van der Waals surface area contributed by atoms with E-state index in [1.54, 1.807) is 31.3 Å². The summed E-state index contributed by atoms with van der Waals surface area (Å²) in [5.41, 5.74) is 0.502. The van der Waals surface area contributed by atoms with Gasteiger partial charge in [0.05, 0.1) is 17.3 Å². The summed E-state index contributed by atoms with van der Waals surface area (Å²) in [6, 6.07) is 8.46. The topological polar surface area (TPSA) is 70.7 Å². The van der Waals surface area contributed by atoms with Crippen LogP contribution in [0.15, 0.2) is 29.1 Å². The molecule has 4 rings (SSSR count). The van der Waals surface area contributed by atoms with Crippen molar-refractivity contribution in [1.82, 2.24) is 9.55 Å². The molecule has 0 aliphatic heterocycles. The predicted octanol–water partition coefficient (Wildman–Crippen LogP) is 3.56. The monoisotopic (exact) mass is 376 g/mol. The molecule has 1 N–H and O–H groups in total. The van der Waals surface area contributed by atoms with Crippen molar-refractivity contribution in [3.05, 3.63) is 51.0 Å². The second kappa shape index (κ2) is 5.78. The Kier molecular flexibility index (Phi) is 3.77. The van der Waals surface area contributed by atoms with E-state index in [9.17, 15) is 13.6 Å². The van der Waals surface area contributed by atoms with E-state index in [4.69, 9.17) is 16.9 Å². The lowest BCUT2D eigenvalue weighted by molar-refractivity contribution is 0.0689. The standard InChI is InChI=1S/C18H15ClF2N4O/c1-23-15-14(19)17(26)25(11-4-2-9(8-22)3-5-11)16(24-15)10-6-12-13(7-10)18(12,20)21/h2-5,10,12-13,23H,6-7H2,1H3/t10?,12-,13+. The molecular formula is C18H15ClF2N4O. The Morgan fingerprint density at radius 3 is 2.46 bits per heavy atom. The molecule has 8 heteroatoms. The number of nitrogens with zero attached hydrogens (tertiary/aromatic N) is 3. The van der Waals surface area contributed by atoms with Crippen LogP contribution in [-0.4, -0.2) is 22.5 Å². The van der Waals surface area contributed by atoms with E-state index in [0.29, 0.717) is 29.9 Å². The van der Waals surface area contributed by atoms with Crippen LogP contribution in [0.3, 0.4) is 0 Å². The molecule has 26 heavy (non-hydrogen) atoms. The van der Waals surface area contributed by atoms with Crippen molar-refractivity contribution in [2.75, 3.05) is 12.4 Å². The SMILES string of the molecule is CNc1nc(C2C[C@@H]3[C@H](C2)C3(F)F)n(-c2ccc(C#N)cc2)c(=O)c1Cl. The number of aromatic nitrogens is 2. The van der Waals surface area contributed by atoms with Crippen molar-refractivity contribution in [3.63, 3.8) is 0 Å². The van der Waals surface area contributed by atoms with Gasteiger partial charge in [-0.2, -0.15) is 5.26 Å². The lowest BCUT2D eigenvalue weighted by Gasteiger charge is -2.20. The lowest BCUT2D eigenvalue weighted by Crippen LogP contribution is -2.27. The summed E-state index contributed by atoms with van der Waals surface area (Å²) >= 11 is 6.14. The molecule has 1 unspecified atom stereocenters. The molecule has 2 fully saturated rings. The van der Waals surface area contributed by atoms with Crippen molar-refractivity contribution in [2.24, 2.45) is 11.8 Å². The number of halogens is 3. The van der Waals surface area contributed by atoms with Crippen molar-refractivity contribution in [2.45, 2.75) is 24.7 Å². The first kappa shape index (κ1) is 17.0. The molecule has 1 aromatic heterocycles. The molecule has 134 valence electrons. The van der Waals surface area contributed by atoms with Gasteiger partial charge in [-0.25, -0.2) is 13.8 Å². The predicted molar refractivity (Wildman–Crippen MR) is 93.0 cm³/mol. The van der Waals surface area contributed by atoms with Gasteiger partial charge in [0.1, 0.15) is 10.8 Å². The van der Waals surface area contributed by atoms with Crippen LogP contribution in [-0.2, 0) is 0 Å². The van der Waals surface area contributed by atoms with Gasteiger partial charge < -0.3 is 5.32 Å². The molecule has 0 bridgehead atoms. The van der Waals surface area contributed by atoms with Gasteiger partial charge >= 0.3 is 0 Å². The van der Waals surface area contributed by atoms with E-state index in [2.05, 4.69) is 10.3 Å². The van der Waals surface area contributed by atoms with Gasteiger partial charge in [-0.1, -0.05) is 11.6 Å². The molecule has 2 saturated carbocycles. The number of fused-ring (bicyclic) bond motifs is 1. The molecule has 2 aliphatic rings.